The number of hydrogen-bond donors (Lipinski definition) is 5. The number of carboxylic acids is 2. The molecule has 100 valence electrons. The minimum absolute atomic E-state index is 0.0556. The Morgan fingerprint density at radius 3 is 2.29 bits per heavy atom. The molecule has 0 rings (SSSR count). The van der Waals surface area contributed by atoms with E-state index < -0.39 is 29.7 Å². The number of aliphatic hydroxyl groups excluding tert-OH is 1. The maximum absolute atomic E-state index is 11.0. The molecule has 7 nitrogen and oxygen atoms in total. The molecule has 0 unspecified atom stereocenters. The van der Waals surface area contributed by atoms with Gasteiger partial charge in [-0.3, -0.25) is 10.1 Å². The number of thioether (sulfide) groups is 1. The fourth-order valence-corrected chi connectivity index (χ4v) is 1.70. The van der Waals surface area contributed by atoms with Gasteiger partial charge >= 0.3 is 11.9 Å². The number of hydrogen-bond acceptors (Lipinski definition) is 6. The minimum Gasteiger partial charge on any atom is -0.480 e. The highest BCUT2D eigenvalue weighted by molar-refractivity contribution is 7.98. The second-order valence-electron chi connectivity index (χ2n) is 3.72. The lowest BCUT2D eigenvalue weighted by molar-refractivity contribution is -0.149. The molecular weight excluding hydrogens is 248 g/mol. The second kappa shape index (κ2) is 6.80. The van der Waals surface area contributed by atoms with E-state index in [4.69, 9.17) is 15.9 Å². The first kappa shape index (κ1) is 16.2. The number of carboxylic acid groups (broad SMARTS) is 2. The largest absolute Gasteiger partial charge is 0.480 e. The number of aliphatic hydroxyl groups is 1. The number of nitrogens with one attached hydrogen (secondary N) is 1. The highest BCUT2D eigenvalue weighted by Gasteiger charge is 2.39. The molecule has 0 fully saturated rings. The van der Waals surface area contributed by atoms with Crippen molar-refractivity contribution in [3.8, 4) is 0 Å². The molecule has 0 saturated heterocycles. The third kappa shape index (κ3) is 4.90. The van der Waals surface area contributed by atoms with Gasteiger partial charge in [0.05, 0.1) is 6.10 Å². The lowest BCUT2D eigenvalue weighted by Crippen LogP contribution is -2.66. The quantitative estimate of drug-likeness (QED) is 0.350. The molecule has 0 aliphatic carbocycles. The monoisotopic (exact) mass is 266 g/mol. The van der Waals surface area contributed by atoms with Crippen LogP contribution in [0.4, 0.5) is 0 Å². The van der Waals surface area contributed by atoms with Crippen LogP contribution in [0, 0.1) is 0 Å². The Morgan fingerprint density at radius 1 is 1.47 bits per heavy atom. The standard InChI is InChI=1S/C9H18N2O5S/c1-5(12)6(7(13)14)11-9(10,8(15)16)3-4-17-2/h5-6,11-12H,3-4,10H2,1-2H3,(H,13,14)(H,15,16)/t5-,6+,9-/m1/s1. The first-order valence-corrected chi connectivity index (χ1v) is 6.33. The molecule has 17 heavy (non-hydrogen) atoms. The van der Waals surface area contributed by atoms with Gasteiger partial charge in [0.25, 0.3) is 0 Å². The van der Waals surface area contributed by atoms with E-state index in [9.17, 15) is 14.7 Å². The highest BCUT2D eigenvalue weighted by atomic mass is 32.2. The molecule has 0 aliphatic rings. The van der Waals surface area contributed by atoms with Crippen molar-refractivity contribution in [1.29, 1.82) is 0 Å². The van der Waals surface area contributed by atoms with Crippen molar-refractivity contribution < 1.29 is 24.9 Å². The van der Waals surface area contributed by atoms with Gasteiger partial charge in [0.1, 0.15) is 6.04 Å². The second-order valence-corrected chi connectivity index (χ2v) is 4.71. The van der Waals surface area contributed by atoms with Gasteiger partial charge < -0.3 is 21.1 Å². The van der Waals surface area contributed by atoms with E-state index in [-0.39, 0.29) is 6.42 Å². The molecule has 0 aliphatic heterocycles. The third-order valence-electron chi connectivity index (χ3n) is 2.24. The van der Waals surface area contributed by atoms with Crippen molar-refractivity contribution in [1.82, 2.24) is 5.32 Å². The summed E-state index contributed by atoms with van der Waals surface area (Å²) in [6.45, 7) is 1.25. The molecule has 0 heterocycles. The number of aliphatic carboxylic acids is 2. The van der Waals surface area contributed by atoms with Gasteiger partial charge in [-0.15, -0.1) is 0 Å². The van der Waals surface area contributed by atoms with Crippen LogP contribution in [-0.4, -0.2) is 57.1 Å². The van der Waals surface area contributed by atoms with Crippen LogP contribution in [0.2, 0.25) is 0 Å². The zero-order valence-corrected chi connectivity index (χ0v) is 10.5. The lowest BCUT2D eigenvalue weighted by Gasteiger charge is -2.30. The Bertz CT molecular complexity index is 287. The summed E-state index contributed by atoms with van der Waals surface area (Å²) in [5.74, 6) is -2.24. The Morgan fingerprint density at radius 2 is 2.00 bits per heavy atom. The minimum atomic E-state index is -1.86. The Kier molecular flexibility index (Phi) is 6.46. The summed E-state index contributed by atoms with van der Waals surface area (Å²) in [5.41, 5.74) is 3.75. The van der Waals surface area contributed by atoms with E-state index in [0.29, 0.717) is 5.75 Å². The van der Waals surface area contributed by atoms with Gasteiger partial charge in [0, 0.05) is 0 Å². The van der Waals surface area contributed by atoms with Gasteiger partial charge in [0.15, 0.2) is 5.66 Å². The number of rotatable bonds is 8. The summed E-state index contributed by atoms with van der Waals surface area (Å²) >= 11 is 1.40. The smallest absolute Gasteiger partial charge is 0.338 e. The van der Waals surface area contributed by atoms with Crippen molar-refractivity contribution in [2.24, 2.45) is 5.73 Å². The maximum atomic E-state index is 11.0. The zero-order valence-electron chi connectivity index (χ0n) is 9.71. The molecular formula is C9H18N2O5S. The van der Waals surface area contributed by atoms with Gasteiger partial charge in [-0.25, -0.2) is 4.79 Å². The van der Waals surface area contributed by atoms with E-state index in [0.717, 1.165) is 0 Å². The predicted octanol–water partition coefficient (Wildman–Crippen LogP) is -1.10. The molecule has 0 amide bonds. The van der Waals surface area contributed by atoms with E-state index in [1.165, 1.54) is 18.7 Å². The van der Waals surface area contributed by atoms with Crippen molar-refractivity contribution in [2.45, 2.75) is 31.2 Å². The molecule has 0 aromatic heterocycles. The SMILES string of the molecule is CSCC[C@@](N)(N[C@H](C(=O)O)[C@@H](C)O)C(=O)O. The fraction of sp³-hybridized carbons (Fsp3) is 0.778. The molecule has 0 radical (unpaired) electrons. The van der Waals surface area contributed by atoms with Crippen LogP contribution in [0.1, 0.15) is 13.3 Å². The summed E-state index contributed by atoms with van der Waals surface area (Å²) in [4.78, 5) is 21.9. The van der Waals surface area contributed by atoms with Crippen molar-refractivity contribution in [3.63, 3.8) is 0 Å². The molecule has 0 aromatic rings. The van der Waals surface area contributed by atoms with Gasteiger partial charge in [-0.2, -0.15) is 11.8 Å². The average Bonchev–Trinajstić information content (AvgIpc) is 2.22. The molecule has 3 atom stereocenters. The van der Waals surface area contributed by atoms with Gasteiger partial charge in [-0.1, -0.05) is 0 Å². The fourth-order valence-electron chi connectivity index (χ4n) is 1.17. The zero-order chi connectivity index (χ0) is 13.6. The number of carbonyl (C=O) groups is 2. The van der Waals surface area contributed by atoms with Crippen LogP contribution in [-0.2, 0) is 9.59 Å². The normalized spacial score (nSPS) is 18.1. The van der Waals surface area contributed by atoms with Crippen LogP contribution in [0.15, 0.2) is 0 Å². The van der Waals surface area contributed by atoms with Crippen LogP contribution >= 0.6 is 11.8 Å². The predicted molar refractivity (Wildman–Crippen MR) is 63.8 cm³/mol. The van der Waals surface area contributed by atoms with Crippen molar-refractivity contribution >= 4 is 23.7 Å². The van der Waals surface area contributed by atoms with E-state index in [1.54, 1.807) is 6.26 Å². The van der Waals surface area contributed by atoms with Gasteiger partial charge in [0.2, 0.25) is 0 Å². The van der Waals surface area contributed by atoms with Crippen molar-refractivity contribution in [2.75, 3.05) is 12.0 Å². The Balaban J connectivity index is 4.83. The van der Waals surface area contributed by atoms with Gasteiger partial charge in [-0.05, 0) is 25.4 Å². The molecule has 0 saturated carbocycles. The molecule has 6 N–H and O–H groups in total. The molecule has 8 heteroatoms. The summed E-state index contributed by atoms with van der Waals surface area (Å²) in [6.07, 6.45) is 0.593. The molecule has 0 spiro atoms. The summed E-state index contributed by atoms with van der Waals surface area (Å²) in [6, 6.07) is -1.42. The van der Waals surface area contributed by atoms with Crippen molar-refractivity contribution in [3.05, 3.63) is 0 Å². The van der Waals surface area contributed by atoms with Crippen LogP contribution in [0.5, 0.6) is 0 Å². The van der Waals surface area contributed by atoms with E-state index in [2.05, 4.69) is 5.32 Å². The Hall–Kier alpha value is -0.830. The lowest BCUT2D eigenvalue weighted by atomic mass is 10.0. The van der Waals surface area contributed by atoms with E-state index >= 15 is 0 Å². The Labute approximate surface area is 103 Å². The maximum Gasteiger partial charge on any atom is 0.338 e. The summed E-state index contributed by atoms with van der Waals surface area (Å²) < 4.78 is 0. The summed E-state index contributed by atoms with van der Waals surface area (Å²) in [5, 5.41) is 29.4. The number of nitrogens with two attached hydrogens (primary N) is 1. The topological polar surface area (TPSA) is 133 Å². The van der Waals surface area contributed by atoms with E-state index in [1.807, 2.05) is 0 Å². The average molecular weight is 266 g/mol. The highest BCUT2D eigenvalue weighted by Crippen LogP contribution is 2.10. The van der Waals surface area contributed by atoms with Crippen LogP contribution in [0.25, 0.3) is 0 Å². The first-order valence-electron chi connectivity index (χ1n) is 4.94. The van der Waals surface area contributed by atoms with Crippen LogP contribution < -0.4 is 11.1 Å². The molecule has 0 bridgehead atoms. The third-order valence-corrected chi connectivity index (χ3v) is 2.86. The molecule has 0 aromatic carbocycles. The first-order chi connectivity index (χ1) is 7.74. The van der Waals surface area contributed by atoms with Crippen LogP contribution in [0.3, 0.4) is 0 Å². The summed E-state index contributed by atoms with van der Waals surface area (Å²) in [7, 11) is 0.